The molecule has 0 rings (SSSR count). The molecule has 0 aliphatic carbocycles. The van der Waals surface area contributed by atoms with Crippen LogP contribution < -0.4 is 16.0 Å². The van der Waals surface area contributed by atoms with E-state index in [2.05, 4.69) is 16.0 Å². The van der Waals surface area contributed by atoms with Gasteiger partial charge in [0.2, 0.25) is 0 Å². The maximum absolute atomic E-state index is 12.3. The molecule has 15 nitrogen and oxygen atoms in total. The number of carbonyl (C=O) groups is 9. The second kappa shape index (κ2) is 21.2. The molecule has 40 heavy (non-hydrogen) atoms. The van der Waals surface area contributed by atoms with Gasteiger partial charge in [-0.2, -0.15) is 0 Å². The first-order valence-corrected chi connectivity index (χ1v) is 14.4. The molecule has 0 radical (unpaired) electrons. The van der Waals surface area contributed by atoms with Gasteiger partial charge in [-0.05, 0) is 0 Å². The molecule has 16 heteroatoms. The van der Waals surface area contributed by atoms with Crippen molar-refractivity contribution >= 4 is 53.0 Å². The Labute approximate surface area is 235 Å². The first-order valence-electron chi connectivity index (χ1n) is 12.1. The first kappa shape index (κ1) is 36.3. The van der Waals surface area contributed by atoms with E-state index in [9.17, 15) is 43.2 Å². The number of amides is 3. The number of ketones is 3. The van der Waals surface area contributed by atoms with Crippen LogP contribution in [0.3, 0.4) is 0 Å². The Bertz CT molecular complexity index is 835. The number of Topliss-reactive ketones (excluding diaryl/α,β-unsaturated/α-hetero) is 3. The fourth-order valence-electron chi connectivity index (χ4n) is 2.61. The van der Waals surface area contributed by atoms with Crippen molar-refractivity contribution in [1.82, 2.24) is 16.0 Å². The van der Waals surface area contributed by atoms with E-state index in [-0.39, 0.29) is 92.0 Å². The van der Waals surface area contributed by atoms with Gasteiger partial charge in [-0.3, -0.25) is 0 Å². The van der Waals surface area contributed by atoms with E-state index >= 15 is 0 Å². The van der Waals surface area contributed by atoms with Crippen molar-refractivity contribution < 1.29 is 71.3 Å². The van der Waals surface area contributed by atoms with Gasteiger partial charge in [0.05, 0.1) is 0 Å². The Balaban J connectivity index is 4.74. The molecule has 0 bridgehead atoms. The Kier molecular flexibility index (Phi) is 19.3. The van der Waals surface area contributed by atoms with Crippen molar-refractivity contribution in [1.29, 1.82) is 0 Å². The van der Waals surface area contributed by atoms with Gasteiger partial charge in [0, 0.05) is 0 Å². The number of rotatable bonds is 21. The SMILES string of the molecule is CC(=O)CC(=O)NCCOC(=O)[CH2][Fe]([CH2]C(=O)OCCNC(=O)CC(C)=O)[CH2]C(=O)OCCNC(=O)CC(C)=O. The fourth-order valence-corrected chi connectivity index (χ4v) is 4.71. The molecule has 0 saturated heterocycles. The molecule has 0 heterocycles. The van der Waals surface area contributed by atoms with Crippen LogP contribution in [0.5, 0.6) is 0 Å². The molecule has 0 aliphatic heterocycles. The molecule has 227 valence electrons. The Morgan fingerprint density at radius 1 is 0.475 bits per heavy atom. The molecule has 0 atom stereocenters. The van der Waals surface area contributed by atoms with E-state index in [1.54, 1.807) is 0 Å². The van der Waals surface area contributed by atoms with Gasteiger partial charge < -0.3 is 0 Å². The molecule has 3 amide bonds. The van der Waals surface area contributed by atoms with Crippen LogP contribution in [-0.2, 0) is 71.3 Å². The summed E-state index contributed by atoms with van der Waals surface area (Å²) in [5, 5.41) is 6.37. The van der Waals surface area contributed by atoms with Crippen molar-refractivity contribution in [3.8, 4) is 0 Å². The van der Waals surface area contributed by atoms with Gasteiger partial charge in [0.15, 0.2) is 0 Å². The molecule has 0 aromatic rings. The third-order valence-corrected chi connectivity index (χ3v) is 6.74. The van der Waals surface area contributed by atoms with Gasteiger partial charge in [-0.25, -0.2) is 0 Å². The van der Waals surface area contributed by atoms with Crippen LogP contribution in [0, 0.1) is 0 Å². The van der Waals surface area contributed by atoms with Crippen molar-refractivity contribution in [2.75, 3.05) is 39.5 Å². The number of hydrogen-bond donors (Lipinski definition) is 3. The summed E-state index contributed by atoms with van der Waals surface area (Å²) in [5.41, 5.74) is 0. The molecule has 3 N–H and O–H groups in total. The summed E-state index contributed by atoms with van der Waals surface area (Å²) in [6, 6.07) is 0. The molecule has 0 unspecified atom stereocenters. The van der Waals surface area contributed by atoms with E-state index in [4.69, 9.17) is 14.2 Å². The van der Waals surface area contributed by atoms with Gasteiger partial charge in [0.1, 0.15) is 0 Å². The molecule has 0 aromatic carbocycles. The Hall–Kier alpha value is -3.65. The number of carbonyl (C=O) groups excluding carboxylic acids is 9. The van der Waals surface area contributed by atoms with E-state index in [1.165, 1.54) is 20.8 Å². The number of hydrogen-bond acceptors (Lipinski definition) is 12. The average molecular weight is 614 g/mol. The minimum atomic E-state index is -1.85. The molecule has 0 saturated carbocycles. The summed E-state index contributed by atoms with van der Waals surface area (Å²) in [7, 11) is 0. The molecule has 0 aliphatic rings. The van der Waals surface area contributed by atoms with Gasteiger partial charge in [-0.15, -0.1) is 0 Å². The van der Waals surface area contributed by atoms with Crippen molar-refractivity contribution in [3.05, 3.63) is 0 Å². The maximum atomic E-state index is 12.3. The second-order valence-electron chi connectivity index (χ2n) is 8.25. The van der Waals surface area contributed by atoms with Crippen LogP contribution in [0.15, 0.2) is 0 Å². The third kappa shape index (κ3) is 22.3. The van der Waals surface area contributed by atoms with Crippen molar-refractivity contribution in [3.63, 3.8) is 0 Å². The average Bonchev–Trinajstić information content (AvgIpc) is 2.81. The second-order valence-corrected chi connectivity index (χ2v) is 11.1. The zero-order chi connectivity index (χ0) is 30.5. The molecule has 0 fully saturated rings. The zero-order valence-electron chi connectivity index (χ0n) is 22.7. The summed E-state index contributed by atoms with van der Waals surface area (Å²) in [4.78, 5) is 104. The quantitative estimate of drug-likeness (QED) is 0.0456. The molecular formula is C24H36FeN3O12. The topological polar surface area (TPSA) is 217 Å². The summed E-state index contributed by atoms with van der Waals surface area (Å²) in [5.74, 6) is -4.71. The summed E-state index contributed by atoms with van der Waals surface area (Å²) in [6.45, 7) is 3.10. The molecule has 0 aromatic heterocycles. The first-order chi connectivity index (χ1) is 18.8. The summed E-state index contributed by atoms with van der Waals surface area (Å²) < 4.78 is 15.1. The van der Waals surface area contributed by atoms with E-state index in [0.717, 1.165) is 0 Å². The number of ether oxygens (including phenoxy) is 3. The normalized spacial score (nSPS) is 10.4. The summed E-state index contributed by atoms with van der Waals surface area (Å²) >= 11 is -1.85. The Morgan fingerprint density at radius 2 is 0.725 bits per heavy atom. The van der Waals surface area contributed by atoms with Gasteiger partial charge in [0.25, 0.3) is 0 Å². The standard InChI is InChI=1S/3C8H12NO4.Fe/c3*1-6(10)5-8(12)9-3-4-13-7(2)11;/h3*2-5H2,1H3,(H,9,12);. The minimum absolute atomic E-state index is 0.0351. The Morgan fingerprint density at radius 3 is 0.950 bits per heavy atom. The third-order valence-electron chi connectivity index (χ3n) is 4.13. The predicted molar refractivity (Wildman–Crippen MR) is 132 cm³/mol. The van der Waals surface area contributed by atoms with Crippen LogP contribution >= 0.6 is 0 Å². The number of nitrogens with one attached hydrogen (secondary N) is 3. The van der Waals surface area contributed by atoms with Crippen LogP contribution in [0.4, 0.5) is 0 Å². The zero-order valence-corrected chi connectivity index (χ0v) is 23.8. The van der Waals surface area contributed by atoms with Gasteiger partial charge in [-0.1, -0.05) is 0 Å². The molecule has 0 spiro atoms. The van der Waals surface area contributed by atoms with Crippen LogP contribution in [-0.4, -0.2) is 92.4 Å². The van der Waals surface area contributed by atoms with E-state index in [0.29, 0.717) is 0 Å². The van der Waals surface area contributed by atoms with E-state index in [1.807, 2.05) is 0 Å². The fraction of sp³-hybridized carbons (Fsp3) is 0.625. The van der Waals surface area contributed by atoms with Crippen LogP contribution in [0.2, 0.25) is 16.0 Å². The predicted octanol–water partition coefficient (Wildman–Crippen LogP) is -1.22. The van der Waals surface area contributed by atoms with Crippen molar-refractivity contribution in [2.45, 2.75) is 56.0 Å². The van der Waals surface area contributed by atoms with Crippen molar-refractivity contribution in [2.24, 2.45) is 0 Å². The number of esters is 3. The van der Waals surface area contributed by atoms with Crippen LogP contribution in [0.25, 0.3) is 0 Å². The van der Waals surface area contributed by atoms with Crippen LogP contribution in [0.1, 0.15) is 40.0 Å². The summed E-state index contributed by atoms with van der Waals surface area (Å²) in [6.07, 6.45) is -0.901. The van der Waals surface area contributed by atoms with E-state index < -0.39 is 49.5 Å². The molecular weight excluding hydrogens is 578 g/mol. The monoisotopic (exact) mass is 614 g/mol. The van der Waals surface area contributed by atoms with Gasteiger partial charge >= 0.3 is 236 Å².